The zero-order chi connectivity index (χ0) is 30.6. The standard InChI is InChI=1S/C34H31ClN8O2/c35-30-22-37-33-39-28-18-23(10-16-45-29-8-4-7-27(21-29)38-32(30)41-33)17-25(19-28)24-9-11-36-31(20-24)42-12-14-43(15-13-42)34(44)40-26-5-2-1-3-6-26/h1-9,11,17-22H,10,12-16H2,(H,40,44)(H2,37,38,39,41). The quantitative estimate of drug-likeness (QED) is 0.199. The zero-order valence-electron chi connectivity index (χ0n) is 24.4. The Labute approximate surface area is 266 Å². The molecule has 0 spiro atoms. The summed E-state index contributed by atoms with van der Waals surface area (Å²) in [6.45, 7) is 3.10. The van der Waals surface area contributed by atoms with E-state index in [1.165, 1.54) is 0 Å². The molecule has 5 aromatic rings. The van der Waals surface area contributed by atoms with Gasteiger partial charge in [-0.2, -0.15) is 4.98 Å². The van der Waals surface area contributed by atoms with Gasteiger partial charge in [0.25, 0.3) is 0 Å². The first kappa shape index (κ1) is 28.4. The van der Waals surface area contributed by atoms with Gasteiger partial charge in [-0.1, -0.05) is 41.9 Å². The Morgan fingerprint density at radius 3 is 2.58 bits per heavy atom. The van der Waals surface area contributed by atoms with Crippen molar-refractivity contribution >= 4 is 52.3 Å². The predicted octanol–water partition coefficient (Wildman–Crippen LogP) is 6.97. The van der Waals surface area contributed by atoms with E-state index in [9.17, 15) is 4.79 Å². The molecule has 0 atom stereocenters. The number of halogens is 1. The molecule has 1 saturated heterocycles. The number of aromatic nitrogens is 3. The number of piperazine rings is 1. The van der Waals surface area contributed by atoms with E-state index in [-0.39, 0.29) is 6.03 Å². The number of urea groups is 1. The van der Waals surface area contributed by atoms with Crippen LogP contribution < -0.4 is 25.6 Å². The van der Waals surface area contributed by atoms with E-state index in [2.05, 4.69) is 60.1 Å². The fourth-order valence-electron chi connectivity index (χ4n) is 5.44. The van der Waals surface area contributed by atoms with Gasteiger partial charge in [0.15, 0.2) is 5.82 Å². The molecule has 45 heavy (non-hydrogen) atoms. The molecule has 2 aromatic heterocycles. The first-order valence-corrected chi connectivity index (χ1v) is 15.2. The van der Waals surface area contributed by atoms with Crippen LogP contribution in [-0.4, -0.2) is 58.7 Å². The molecule has 3 N–H and O–H groups in total. The number of carbonyl (C=O) groups is 1. The van der Waals surface area contributed by atoms with Gasteiger partial charge in [0, 0.05) is 61.9 Å². The maximum atomic E-state index is 12.8. The number of amides is 2. The van der Waals surface area contributed by atoms with E-state index in [0.29, 0.717) is 56.0 Å². The Bertz CT molecular complexity index is 1830. The van der Waals surface area contributed by atoms with E-state index >= 15 is 0 Å². The lowest BCUT2D eigenvalue weighted by Crippen LogP contribution is -2.50. The summed E-state index contributed by atoms with van der Waals surface area (Å²) in [5.74, 6) is 2.56. The molecular weight excluding hydrogens is 588 g/mol. The lowest BCUT2D eigenvalue weighted by molar-refractivity contribution is 0.208. The second kappa shape index (κ2) is 12.7. The van der Waals surface area contributed by atoms with Crippen LogP contribution in [0.1, 0.15) is 5.56 Å². The third-order valence-electron chi connectivity index (χ3n) is 7.74. The average Bonchev–Trinajstić information content (AvgIpc) is 3.07. The Hall–Kier alpha value is -5.35. The third-order valence-corrected chi connectivity index (χ3v) is 8.02. The molecule has 2 aliphatic rings. The Morgan fingerprint density at radius 2 is 1.71 bits per heavy atom. The van der Waals surface area contributed by atoms with E-state index < -0.39 is 0 Å². The largest absolute Gasteiger partial charge is 0.493 e. The highest BCUT2D eigenvalue weighted by Crippen LogP contribution is 2.31. The van der Waals surface area contributed by atoms with Crippen molar-refractivity contribution in [3.63, 3.8) is 0 Å². The van der Waals surface area contributed by atoms with Crippen LogP contribution in [0.15, 0.2) is 97.3 Å². The van der Waals surface area contributed by atoms with Crippen LogP contribution in [0.4, 0.5) is 39.4 Å². The predicted molar refractivity (Wildman–Crippen MR) is 178 cm³/mol. The van der Waals surface area contributed by atoms with Crippen LogP contribution in [0.2, 0.25) is 5.02 Å². The highest BCUT2D eigenvalue weighted by molar-refractivity contribution is 6.32. The molecule has 6 bridgehead atoms. The molecule has 226 valence electrons. The summed E-state index contributed by atoms with van der Waals surface area (Å²) < 4.78 is 6.10. The lowest BCUT2D eigenvalue weighted by Gasteiger charge is -2.35. The van der Waals surface area contributed by atoms with Gasteiger partial charge in [-0.15, -0.1) is 0 Å². The first-order valence-electron chi connectivity index (χ1n) is 14.8. The van der Waals surface area contributed by atoms with Crippen molar-refractivity contribution in [1.82, 2.24) is 19.9 Å². The molecule has 2 amide bonds. The minimum atomic E-state index is -0.0883. The number of hydrogen-bond donors (Lipinski definition) is 3. The molecule has 0 aliphatic carbocycles. The van der Waals surface area contributed by atoms with E-state index in [1.54, 1.807) is 6.20 Å². The van der Waals surface area contributed by atoms with Gasteiger partial charge in [0.05, 0.1) is 12.8 Å². The first-order chi connectivity index (χ1) is 22.1. The van der Waals surface area contributed by atoms with Crippen LogP contribution >= 0.6 is 11.6 Å². The molecule has 1 fully saturated rings. The van der Waals surface area contributed by atoms with Crippen LogP contribution in [-0.2, 0) is 6.42 Å². The molecular formula is C34H31ClN8O2. The number of pyridine rings is 1. The highest BCUT2D eigenvalue weighted by atomic mass is 35.5. The topological polar surface area (TPSA) is 108 Å². The number of rotatable bonds is 3. The van der Waals surface area contributed by atoms with Crippen LogP contribution in [0.3, 0.4) is 0 Å². The normalized spacial score (nSPS) is 14.3. The van der Waals surface area contributed by atoms with Gasteiger partial charge in [-0.3, -0.25) is 0 Å². The van der Waals surface area contributed by atoms with Crippen LogP contribution in [0, 0.1) is 0 Å². The molecule has 0 radical (unpaired) electrons. The molecule has 0 saturated carbocycles. The van der Waals surface area contributed by atoms with Crippen molar-refractivity contribution in [3.05, 3.63) is 108 Å². The van der Waals surface area contributed by atoms with Crippen molar-refractivity contribution < 1.29 is 9.53 Å². The van der Waals surface area contributed by atoms with Crippen LogP contribution in [0.25, 0.3) is 11.1 Å². The van der Waals surface area contributed by atoms with Crippen LogP contribution in [0.5, 0.6) is 5.75 Å². The SMILES string of the molecule is O=C(Nc1ccccc1)N1CCN(c2cc(-c3cc4cc(c3)Nc3ncc(Cl)c(n3)Nc3cccc(c3)OCC4)ccn2)CC1. The molecule has 11 heteroatoms. The summed E-state index contributed by atoms with van der Waals surface area (Å²) in [6.07, 6.45) is 4.12. The van der Waals surface area contributed by atoms with Crippen molar-refractivity contribution in [2.24, 2.45) is 0 Å². The lowest BCUT2D eigenvalue weighted by atomic mass is 10.0. The van der Waals surface area contributed by atoms with Gasteiger partial charge < -0.3 is 30.5 Å². The highest BCUT2D eigenvalue weighted by Gasteiger charge is 2.22. The van der Waals surface area contributed by atoms with Gasteiger partial charge in [-0.25, -0.2) is 14.8 Å². The molecule has 7 rings (SSSR count). The number of para-hydroxylation sites is 1. The number of carbonyl (C=O) groups excluding carboxylic acids is 1. The number of hydrogen-bond acceptors (Lipinski definition) is 8. The fraction of sp³-hybridized carbons (Fsp3) is 0.176. The van der Waals surface area contributed by atoms with E-state index in [1.807, 2.05) is 71.8 Å². The number of ether oxygens (including phenoxy) is 1. The molecule has 4 heterocycles. The monoisotopic (exact) mass is 618 g/mol. The molecule has 2 aliphatic heterocycles. The number of benzene rings is 3. The second-order valence-electron chi connectivity index (χ2n) is 10.9. The van der Waals surface area contributed by atoms with Crippen molar-refractivity contribution in [2.75, 3.05) is 53.6 Å². The fourth-order valence-corrected chi connectivity index (χ4v) is 5.58. The van der Waals surface area contributed by atoms with Gasteiger partial charge in [-0.05, 0) is 65.2 Å². The smallest absolute Gasteiger partial charge is 0.321 e. The second-order valence-corrected chi connectivity index (χ2v) is 11.3. The molecule has 0 unspecified atom stereocenters. The number of fused-ring (bicyclic) bond motifs is 6. The Balaban J connectivity index is 1.11. The van der Waals surface area contributed by atoms with E-state index in [0.717, 1.165) is 45.3 Å². The number of nitrogens with one attached hydrogen (secondary N) is 3. The third kappa shape index (κ3) is 6.76. The summed E-state index contributed by atoms with van der Waals surface area (Å²) in [5, 5.41) is 10.0. The minimum Gasteiger partial charge on any atom is -0.493 e. The van der Waals surface area contributed by atoms with Crippen molar-refractivity contribution in [2.45, 2.75) is 6.42 Å². The Morgan fingerprint density at radius 1 is 0.844 bits per heavy atom. The Kier molecular flexibility index (Phi) is 8.03. The average molecular weight is 619 g/mol. The number of nitrogens with zero attached hydrogens (tertiary/aromatic N) is 5. The summed E-state index contributed by atoms with van der Waals surface area (Å²) in [6, 6.07) is 27.6. The maximum Gasteiger partial charge on any atom is 0.321 e. The summed E-state index contributed by atoms with van der Waals surface area (Å²) in [5.41, 5.74) is 5.63. The molecule has 10 nitrogen and oxygen atoms in total. The summed E-state index contributed by atoms with van der Waals surface area (Å²) >= 11 is 6.42. The minimum absolute atomic E-state index is 0.0883. The van der Waals surface area contributed by atoms with Gasteiger partial charge in [0.1, 0.15) is 16.6 Å². The van der Waals surface area contributed by atoms with Gasteiger partial charge >= 0.3 is 6.03 Å². The van der Waals surface area contributed by atoms with Gasteiger partial charge in [0.2, 0.25) is 5.95 Å². The van der Waals surface area contributed by atoms with Crippen molar-refractivity contribution in [3.8, 4) is 16.9 Å². The zero-order valence-corrected chi connectivity index (χ0v) is 25.2. The maximum absolute atomic E-state index is 12.8. The number of anilines is 6. The van der Waals surface area contributed by atoms with Crippen molar-refractivity contribution in [1.29, 1.82) is 0 Å². The van der Waals surface area contributed by atoms with E-state index in [4.69, 9.17) is 16.3 Å². The molecule has 3 aromatic carbocycles. The summed E-state index contributed by atoms with van der Waals surface area (Å²) in [4.78, 5) is 30.6. The summed E-state index contributed by atoms with van der Waals surface area (Å²) in [7, 11) is 0.